The maximum atomic E-state index is 13.5. The normalized spacial score (nSPS) is 21.3. The van der Waals surface area contributed by atoms with Gasteiger partial charge in [-0.3, -0.25) is 14.3 Å². The average molecular weight is 376 g/mol. The molecule has 28 heavy (non-hydrogen) atoms. The van der Waals surface area contributed by atoms with E-state index in [2.05, 4.69) is 15.1 Å². The van der Waals surface area contributed by atoms with Gasteiger partial charge in [-0.15, -0.1) is 10.2 Å². The minimum Gasteiger partial charge on any atom is -0.298 e. The Morgan fingerprint density at radius 3 is 2.64 bits per heavy atom. The summed E-state index contributed by atoms with van der Waals surface area (Å²) in [4.78, 5) is 15.3. The van der Waals surface area contributed by atoms with Gasteiger partial charge in [-0.1, -0.05) is 42.5 Å². The van der Waals surface area contributed by atoms with E-state index < -0.39 is 0 Å². The molecule has 0 radical (unpaired) electrons. The van der Waals surface area contributed by atoms with E-state index in [-0.39, 0.29) is 16.8 Å². The van der Waals surface area contributed by atoms with Crippen LogP contribution in [-0.4, -0.2) is 32.8 Å². The fourth-order valence-electron chi connectivity index (χ4n) is 4.61. The summed E-state index contributed by atoms with van der Waals surface area (Å²) in [5.74, 6) is 0.599. The molecule has 1 spiro atoms. The SMILES string of the molecule is O=c1c(-c2ccccc2)nnc2n1CCC21CCN(Cc2cccc(F)c2)C1. The molecule has 1 saturated heterocycles. The quantitative estimate of drug-likeness (QED) is 0.705. The Hall–Kier alpha value is -2.86. The highest BCUT2D eigenvalue weighted by Crippen LogP contribution is 2.41. The number of halogens is 1. The molecule has 142 valence electrons. The van der Waals surface area contributed by atoms with E-state index >= 15 is 0 Å². The number of fused-ring (bicyclic) bond motifs is 2. The number of nitrogens with zero attached hydrogens (tertiary/aromatic N) is 4. The van der Waals surface area contributed by atoms with E-state index in [0.29, 0.717) is 18.8 Å². The molecule has 2 aliphatic rings. The van der Waals surface area contributed by atoms with Crippen molar-refractivity contribution in [3.63, 3.8) is 0 Å². The van der Waals surface area contributed by atoms with Crippen LogP contribution >= 0.6 is 0 Å². The summed E-state index contributed by atoms with van der Waals surface area (Å²) in [6.45, 7) is 3.12. The monoisotopic (exact) mass is 376 g/mol. The Morgan fingerprint density at radius 2 is 1.82 bits per heavy atom. The second-order valence-corrected chi connectivity index (χ2v) is 7.82. The van der Waals surface area contributed by atoms with Gasteiger partial charge in [0, 0.05) is 30.6 Å². The third-order valence-corrected chi connectivity index (χ3v) is 6.01. The molecule has 2 aromatic carbocycles. The predicted molar refractivity (Wildman–Crippen MR) is 104 cm³/mol. The van der Waals surface area contributed by atoms with Gasteiger partial charge in [0.25, 0.3) is 5.56 Å². The van der Waals surface area contributed by atoms with Gasteiger partial charge in [-0.25, -0.2) is 4.39 Å². The summed E-state index contributed by atoms with van der Waals surface area (Å²) in [5, 5.41) is 8.82. The van der Waals surface area contributed by atoms with Gasteiger partial charge in [0.2, 0.25) is 0 Å². The first-order valence-corrected chi connectivity index (χ1v) is 9.65. The van der Waals surface area contributed by atoms with Crippen LogP contribution in [0.15, 0.2) is 59.4 Å². The van der Waals surface area contributed by atoms with E-state index in [0.717, 1.165) is 42.9 Å². The molecule has 3 aromatic rings. The van der Waals surface area contributed by atoms with Gasteiger partial charge >= 0.3 is 0 Å². The third kappa shape index (κ3) is 2.85. The Balaban J connectivity index is 1.42. The van der Waals surface area contributed by atoms with E-state index in [4.69, 9.17) is 0 Å². The number of likely N-dealkylation sites (tertiary alicyclic amines) is 1. The number of benzene rings is 2. The highest BCUT2D eigenvalue weighted by atomic mass is 19.1. The fraction of sp³-hybridized carbons (Fsp3) is 0.318. The number of hydrogen-bond acceptors (Lipinski definition) is 4. The molecule has 2 aliphatic heterocycles. The molecule has 0 aliphatic carbocycles. The zero-order chi connectivity index (χ0) is 19.1. The minimum absolute atomic E-state index is 0.0587. The van der Waals surface area contributed by atoms with Crippen LogP contribution in [-0.2, 0) is 18.5 Å². The predicted octanol–water partition coefficient (Wildman–Crippen LogP) is 2.99. The molecule has 0 saturated carbocycles. The van der Waals surface area contributed by atoms with Crippen LogP contribution in [0.25, 0.3) is 11.3 Å². The topological polar surface area (TPSA) is 51.0 Å². The second kappa shape index (κ2) is 6.63. The lowest BCUT2D eigenvalue weighted by atomic mass is 9.85. The van der Waals surface area contributed by atoms with Crippen LogP contribution in [0, 0.1) is 5.82 Å². The van der Waals surface area contributed by atoms with E-state index in [1.807, 2.05) is 36.4 Å². The molecule has 3 heterocycles. The van der Waals surface area contributed by atoms with Crippen molar-refractivity contribution in [1.29, 1.82) is 0 Å². The van der Waals surface area contributed by atoms with Crippen LogP contribution in [0.5, 0.6) is 0 Å². The standard InChI is InChI=1S/C22H21FN4O/c23-18-8-4-5-16(13-18)14-26-11-9-22(15-26)10-12-27-20(28)19(24-25-21(22)27)17-6-2-1-3-7-17/h1-8,13H,9-12,14-15H2. The Bertz CT molecular complexity index is 1080. The van der Waals surface area contributed by atoms with Crippen LogP contribution in [0.2, 0.25) is 0 Å². The van der Waals surface area contributed by atoms with Gasteiger partial charge < -0.3 is 0 Å². The van der Waals surface area contributed by atoms with Gasteiger partial charge in [-0.05, 0) is 37.1 Å². The first kappa shape index (κ1) is 17.3. The number of rotatable bonds is 3. The Kier molecular flexibility index (Phi) is 4.09. The molecule has 5 nitrogen and oxygen atoms in total. The lowest BCUT2D eigenvalue weighted by molar-refractivity contribution is 0.299. The molecule has 1 aromatic heterocycles. The smallest absolute Gasteiger partial charge is 0.280 e. The lowest BCUT2D eigenvalue weighted by Crippen LogP contribution is -2.33. The van der Waals surface area contributed by atoms with Crippen molar-refractivity contribution >= 4 is 0 Å². The largest absolute Gasteiger partial charge is 0.298 e. The van der Waals surface area contributed by atoms with Crippen molar-refractivity contribution in [1.82, 2.24) is 19.7 Å². The summed E-state index contributed by atoms with van der Waals surface area (Å²) in [7, 11) is 0. The Labute approximate surface area is 162 Å². The van der Waals surface area contributed by atoms with Crippen molar-refractivity contribution in [2.75, 3.05) is 13.1 Å². The van der Waals surface area contributed by atoms with Gasteiger partial charge in [0.15, 0.2) is 5.69 Å². The van der Waals surface area contributed by atoms with Gasteiger partial charge in [-0.2, -0.15) is 0 Å². The van der Waals surface area contributed by atoms with Crippen molar-refractivity contribution in [3.05, 3.63) is 82.2 Å². The zero-order valence-corrected chi connectivity index (χ0v) is 15.5. The van der Waals surface area contributed by atoms with Crippen LogP contribution in [0.1, 0.15) is 24.2 Å². The maximum absolute atomic E-state index is 13.5. The number of hydrogen-bond donors (Lipinski definition) is 0. The van der Waals surface area contributed by atoms with E-state index in [1.165, 1.54) is 6.07 Å². The second-order valence-electron chi connectivity index (χ2n) is 7.82. The number of aromatic nitrogens is 3. The molecule has 0 amide bonds. The third-order valence-electron chi connectivity index (χ3n) is 6.01. The molecule has 1 atom stereocenters. The molecule has 1 unspecified atom stereocenters. The molecule has 1 fully saturated rings. The van der Waals surface area contributed by atoms with E-state index in [9.17, 15) is 9.18 Å². The summed E-state index contributed by atoms with van der Waals surface area (Å²) >= 11 is 0. The Morgan fingerprint density at radius 1 is 1.00 bits per heavy atom. The highest BCUT2D eigenvalue weighted by Gasteiger charge is 2.46. The first-order chi connectivity index (χ1) is 13.6. The molecule has 0 bridgehead atoms. The van der Waals surface area contributed by atoms with Crippen LogP contribution < -0.4 is 5.56 Å². The average Bonchev–Trinajstić information content (AvgIpc) is 3.28. The maximum Gasteiger partial charge on any atom is 0.280 e. The van der Waals surface area contributed by atoms with Crippen LogP contribution in [0.4, 0.5) is 4.39 Å². The molecular weight excluding hydrogens is 355 g/mol. The van der Waals surface area contributed by atoms with Crippen molar-refractivity contribution < 1.29 is 4.39 Å². The molecular formula is C22H21FN4O. The van der Waals surface area contributed by atoms with Crippen molar-refractivity contribution in [2.45, 2.75) is 31.3 Å². The summed E-state index contributed by atoms with van der Waals surface area (Å²) in [6, 6.07) is 16.2. The fourth-order valence-corrected chi connectivity index (χ4v) is 4.61. The van der Waals surface area contributed by atoms with Crippen molar-refractivity contribution in [2.24, 2.45) is 0 Å². The van der Waals surface area contributed by atoms with Crippen LogP contribution in [0.3, 0.4) is 0 Å². The zero-order valence-electron chi connectivity index (χ0n) is 15.5. The molecule has 5 rings (SSSR count). The summed E-state index contributed by atoms with van der Waals surface area (Å²) < 4.78 is 15.3. The first-order valence-electron chi connectivity index (χ1n) is 9.65. The van der Waals surface area contributed by atoms with Crippen molar-refractivity contribution in [3.8, 4) is 11.3 Å². The molecule has 0 N–H and O–H groups in total. The molecule has 6 heteroatoms. The van der Waals surface area contributed by atoms with Gasteiger partial charge in [0.1, 0.15) is 11.6 Å². The van der Waals surface area contributed by atoms with E-state index in [1.54, 1.807) is 16.7 Å². The lowest BCUT2D eigenvalue weighted by Gasteiger charge is -2.23. The summed E-state index contributed by atoms with van der Waals surface area (Å²) in [5.41, 5.74) is 2.00. The highest BCUT2D eigenvalue weighted by molar-refractivity contribution is 5.57. The minimum atomic E-state index is -0.205. The summed E-state index contributed by atoms with van der Waals surface area (Å²) in [6.07, 6.45) is 1.84. The van der Waals surface area contributed by atoms with Gasteiger partial charge in [0.05, 0.1) is 0 Å².